The molecule has 1 spiro atoms. The molecule has 2 aromatic heterocycles. The Bertz CT molecular complexity index is 1320. The lowest BCUT2D eigenvalue weighted by Gasteiger charge is -2.34. The number of amides is 1. The molecule has 2 saturated carbocycles. The fourth-order valence-corrected chi connectivity index (χ4v) is 6.44. The largest absolute Gasteiger partial charge is 0.395 e. The summed E-state index contributed by atoms with van der Waals surface area (Å²) in [7, 11) is -3.96. The Balaban J connectivity index is 1.55. The van der Waals surface area contributed by atoms with Crippen LogP contribution in [0, 0.1) is 12.3 Å². The van der Waals surface area contributed by atoms with E-state index >= 15 is 0 Å². The van der Waals surface area contributed by atoms with Gasteiger partial charge in [0, 0.05) is 37.2 Å². The van der Waals surface area contributed by atoms with Gasteiger partial charge < -0.3 is 15.7 Å². The Morgan fingerprint density at radius 2 is 1.82 bits per heavy atom. The van der Waals surface area contributed by atoms with Crippen molar-refractivity contribution in [1.82, 2.24) is 14.8 Å². The number of anilines is 2. The number of aliphatic hydroxyl groups excluding tert-OH is 1. The number of carbonyl (C=O) groups excluding carboxylic acids is 1. The van der Waals surface area contributed by atoms with Crippen LogP contribution < -0.4 is 15.4 Å². The first-order valence-electron chi connectivity index (χ1n) is 13.1. The fraction of sp³-hybridized carbons (Fsp3) is 0.640. The number of sulfonamides is 1. The molecule has 0 bridgehead atoms. The van der Waals surface area contributed by atoms with Gasteiger partial charge in [-0.2, -0.15) is 5.10 Å². The number of primary amides is 1. The molecule has 0 aromatic carbocycles. The van der Waals surface area contributed by atoms with Crippen LogP contribution in [0.2, 0.25) is 0 Å². The fourth-order valence-electron chi connectivity index (χ4n) is 5.65. The Morgan fingerprint density at radius 1 is 1.16 bits per heavy atom. The first kappa shape index (κ1) is 26.8. The molecule has 38 heavy (non-hydrogen) atoms. The zero-order valence-electron chi connectivity index (χ0n) is 21.4. The first-order valence-corrected chi connectivity index (χ1v) is 14.7. The van der Waals surface area contributed by atoms with Gasteiger partial charge in [-0.25, -0.2) is 22.2 Å². The second kappa shape index (κ2) is 9.74. The maximum Gasteiger partial charge on any atom is 0.252 e. The van der Waals surface area contributed by atoms with Crippen LogP contribution in [0.25, 0.3) is 11.3 Å². The van der Waals surface area contributed by atoms with Crippen LogP contribution in [0.4, 0.5) is 20.4 Å². The molecule has 13 heteroatoms. The molecule has 0 radical (unpaired) electrons. The van der Waals surface area contributed by atoms with Crippen molar-refractivity contribution in [2.24, 2.45) is 11.1 Å². The van der Waals surface area contributed by atoms with Crippen molar-refractivity contribution in [3.63, 3.8) is 0 Å². The van der Waals surface area contributed by atoms with Gasteiger partial charge in [-0.3, -0.25) is 14.2 Å². The van der Waals surface area contributed by atoms with Crippen molar-refractivity contribution in [3.05, 3.63) is 23.4 Å². The summed E-state index contributed by atoms with van der Waals surface area (Å²) in [5, 5.41) is 13.9. The molecule has 1 amide bonds. The van der Waals surface area contributed by atoms with Crippen molar-refractivity contribution in [3.8, 4) is 11.3 Å². The minimum Gasteiger partial charge on any atom is -0.395 e. The molecular weight excluding hydrogens is 518 g/mol. The minimum atomic E-state index is -3.96. The number of nitrogens with zero attached hydrogens (tertiary/aromatic N) is 4. The van der Waals surface area contributed by atoms with Crippen molar-refractivity contribution < 1.29 is 27.1 Å². The quantitative estimate of drug-likeness (QED) is 0.456. The summed E-state index contributed by atoms with van der Waals surface area (Å²) in [6, 6.07) is 3.00. The Labute approximate surface area is 220 Å². The number of hydrogen-bond acceptors (Lipinski definition) is 7. The summed E-state index contributed by atoms with van der Waals surface area (Å²) in [5.41, 5.74) is 7.61. The standard InChI is InChI=1S/C25H34F2N6O4S/c1-16-14-20(30-33(16)17-2-4-25(26,27)5-3-17)18-15-19(21(28)35)23(29-22(18)31-38(36,37)13-12-34)32-10-8-24(6-7-24)9-11-32/h14-15,17,34H,2-13H2,1H3,(H2,28,35)(H,29,31). The summed E-state index contributed by atoms with van der Waals surface area (Å²) >= 11 is 0. The first-order chi connectivity index (χ1) is 17.9. The number of pyridine rings is 1. The molecule has 2 aliphatic carbocycles. The van der Waals surface area contributed by atoms with Crippen LogP contribution in [0.15, 0.2) is 12.1 Å². The van der Waals surface area contributed by atoms with E-state index in [0.717, 1.165) is 18.5 Å². The van der Waals surface area contributed by atoms with Crippen molar-refractivity contribution >= 4 is 27.6 Å². The third kappa shape index (κ3) is 5.49. The maximum absolute atomic E-state index is 13.7. The van der Waals surface area contributed by atoms with Crippen molar-refractivity contribution in [1.29, 1.82) is 0 Å². The molecule has 10 nitrogen and oxygen atoms in total. The Hall–Kier alpha value is -2.80. The van der Waals surface area contributed by atoms with Crippen LogP contribution in [0.5, 0.6) is 0 Å². The lowest BCUT2D eigenvalue weighted by molar-refractivity contribution is -0.0451. The number of nitrogens with one attached hydrogen (secondary N) is 1. The number of piperidine rings is 1. The van der Waals surface area contributed by atoms with Crippen LogP contribution in [-0.4, -0.2) is 65.6 Å². The molecular formula is C25H34F2N6O4S. The summed E-state index contributed by atoms with van der Waals surface area (Å²) in [6.45, 7) is 2.58. The predicted octanol–water partition coefficient (Wildman–Crippen LogP) is 3.22. The lowest BCUT2D eigenvalue weighted by Crippen LogP contribution is -2.36. The molecule has 2 aromatic rings. The van der Waals surface area contributed by atoms with E-state index < -0.39 is 34.2 Å². The summed E-state index contributed by atoms with van der Waals surface area (Å²) in [4.78, 5) is 19.1. The highest BCUT2D eigenvalue weighted by Gasteiger charge is 2.45. The van der Waals surface area contributed by atoms with E-state index in [9.17, 15) is 27.1 Å². The number of aromatic nitrogens is 3. The van der Waals surface area contributed by atoms with Crippen LogP contribution in [0.1, 0.15) is 73.5 Å². The smallest absolute Gasteiger partial charge is 0.252 e. The van der Waals surface area contributed by atoms with Gasteiger partial charge in [-0.15, -0.1) is 0 Å². The molecule has 4 N–H and O–H groups in total. The van der Waals surface area contributed by atoms with Crippen molar-refractivity contribution in [2.75, 3.05) is 35.1 Å². The third-order valence-corrected chi connectivity index (χ3v) is 9.42. The molecule has 208 valence electrons. The molecule has 3 fully saturated rings. The Kier molecular flexibility index (Phi) is 6.87. The highest BCUT2D eigenvalue weighted by molar-refractivity contribution is 7.92. The summed E-state index contributed by atoms with van der Waals surface area (Å²) in [5.74, 6) is -3.62. The molecule has 1 saturated heterocycles. The van der Waals surface area contributed by atoms with Crippen LogP contribution in [-0.2, 0) is 10.0 Å². The van der Waals surface area contributed by atoms with E-state index in [1.807, 2.05) is 4.90 Å². The monoisotopic (exact) mass is 552 g/mol. The highest BCUT2D eigenvalue weighted by Crippen LogP contribution is 2.54. The second-order valence-corrected chi connectivity index (χ2v) is 12.8. The van der Waals surface area contributed by atoms with Gasteiger partial charge in [-0.1, -0.05) is 0 Å². The molecule has 1 aliphatic heterocycles. The predicted molar refractivity (Wildman–Crippen MR) is 139 cm³/mol. The zero-order valence-corrected chi connectivity index (χ0v) is 22.2. The van der Waals surface area contributed by atoms with Crippen molar-refractivity contribution in [2.45, 2.75) is 70.3 Å². The number of alkyl halides is 2. The highest BCUT2D eigenvalue weighted by atomic mass is 32.2. The summed E-state index contributed by atoms with van der Waals surface area (Å²) in [6.07, 6.45) is 4.41. The van der Waals surface area contributed by atoms with E-state index in [1.54, 1.807) is 17.7 Å². The van der Waals surface area contributed by atoms with Crippen LogP contribution in [0.3, 0.4) is 0 Å². The lowest BCUT2D eigenvalue weighted by atomic mass is 9.92. The van der Waals surface area contributed by atoms with Crippen LogP contribution >= 0.6 is 0 Å². The van der Waals surface area contributed by atoms with Gasteiger partial charge in [-0.05, 0) is 63.0 Å². The second-order valence-electron chi connectivity index (χ2n) is 11.0. The summed E-state index contributed by atoms with van der Waals surface area (Å²) < 4.78 is 56.9. The molecule has 0 atom stereocenters. The third-order valence-electron chi connectivity index (χ3n) is 8.19. The normalized spacial score (nSPS) is 21.0. The average molecular weight is 553 g/mol. The zero-order chi connectivity index (χ0) is 27.3. The van der Waals surface area contributed by atoms with E-state index in [4.69, 9.17) is 5.73 Å². The van der Waals surface area contributed by atoms with Gasteiger partial charge in [0.05, 0.1) is 29.7 Å². The number of aryl methyl sites for hydroxylation is 1. The van der Waals surface area contributed by atoms with Gasteiger partial charge >= 0.3 is 0 Å². The average Bonchev–Trinajstić information content (AvgIpc) is 3.49. The SMILES string of the molecule is Cc1cc(-c2cc(C(N)=O)c(N3CCC4(CC3)CC4)nc2NS(=O)(=O)CCO)nn1C1CCC(F)(F)CC1. The van der Waals surface area contributed by atoms with E-state index in [-0.39, 0.29) is 48.7 Å². The molecule has 5 rings (SSSR count). The number of halogens is 2. The topological polar surface area (TPSA) is 143 Å². The molecule has 3 heterocycles. The molecule has 0 unspecified atom stereocenters. The van der Waals surface area contributed by atoms with E-state index in [1.165, 1.54) is 18.9 Å². The number of hydrogen-bond donors (Lipinski definition) is 3. The number of aliphatic hydroxyl groups is 1. The van der Waals surface area contributed by atoms with Gasteiger partial charge in [0.25, 0.3) is 5.91 Å². The van der Waals surface area contributed by atoms with E-state index in [2.05, 4.69) is 14.8 Å². The van der Waals surface area contributed by atoms with Gasteiger partial charge in [0.15, 0.2) is 5.82 Å². The maximum atomic E-state index is 13.7. The van der Waals surface area contributed by atoms with Gasteiger partial charge in [0.2, 0.25) is 15.9 Å². The Morgan fingerprint density at radius 3 is 2.39 bits per heavy atom. The number of rotatable bonds is 8. The van der Waals surface area contributed by atoms with E-state index in [0.29, 0.717) is 30.0 Å². The minimum absolute atomic E-state index is 0.0232. The molecule has 3 aliphatic rings. The number of carbonyl (C=O) groups is 1. The number of nitrogens with two attached hydrogens (primary N) is 1. The van der Waals surface area contributed by atoms with Gasteiger partial charge in [0.1, 0.15) is 5.82 Å².